The Morgan fingerprint density at radius 3 is 2.03 bits per heavy atom. The molecule has 3 unspecified atom stereocenters. The number of benzene rings is 3. The Hall–Kier alpha value is -3.23. The maximum Gasteiger partial charge on any atom is 0.257 e. The average Bonchev–Trinajstić information content (AvgIpc) is 2.91. The molecule has 1 saturated heterocycles. The zero-order valence-corrected chi connectivity index (χ0v) is 22.7. The molecule has 5 rings (SSSR count). The molecule has 0 radical (unpaired) electrons. The highest BCUT2D eigenvalue weighted by atomic mass is 35.5. The zero-order chi connectivity index (χ0) is 26.9. The van der Waals surface area contributed by atoms with Crippen LogP contribution in [0.25, 0.3) is 0 Å². The third-order valence-corrected chi connectivity index (χ3v) is 8.13. The maximum absolute atomic E-state index is 14.1. The lowest BCUT2D eigenvalue weighted by Crippen LogP contribution is -2.51. The Kier molecular flexibility index (Phi) is 7.54. The number of nitrogens with zero attached hydrogens (tertiary/aromatic N) is 2. The Morgan fingerprint density at radius 2 is 1.47 bits per heavy atom. The van der Waals surface area contributed by atoms with Gasteiger partial charge in [-0.2, -0.15) is 0 Å². The Labute approximate surface area is 231 Å². The molecule has 9 heteroatoms. The molecule has 0 saturated carbocycles. The molecular weight excluding hydrogens is 543 g/mol. The minimum Gasteiger partial charge on any atom is -0.358 e. The van der Waals surface area contributed by atoms with Crippen molar-refractivity contribution in [3.8, 4) is 0 Å². The van der Waals surface area contributed by atoms with Crippen molar-refractivity contribution < 1.29 is 17.9 Å². The van der Waals surface area contributed by atoms with Gasteiger partial charge in [0.15, 0.2) is 9.84 Å². The molecule has 4 aromatic rings. The van der Waals surface area contributed by atoms with Crippen molar-refractivity contribution >= 4 is 44.6 Å². The van der Waals surface area contributed by atoms with Crippen molar-refractivity contribution in [3.63, 3.8) is 0 Å². The largest absolute Gasteiger partial charge is 0.358 e. The number of ether oxygens (including phenoxy) is 1. The Morgan fingerprint density at radius 1 is 0.868 bits per heavy atom. The van der Waals surface area contributed by atoms with Crippen molar-refractivity contribution in [2.45, 2.75) is 29.6 Å². The number of amides is 1. The van der Waals surface area contributed by atoms with Crippen molar-refractivity contribution in [1.82, 2.24) is 4.98 Å². The maximum atomic E-state index is 14.1. The minimum atomic E-state index is -3.33. The molecule has 38 heavy (non-hydrogen) atoms. The van der Waals surface area contributed by atoms with E-state index in [1.807, 2.05) is 30.3 Å². The summed E-state index contributed by atoms with van der Waals surface area (Å²) in [6.07, 6.45) is 3.37. The summed E-state index contributed by atoms with van der Waals surface area (Å²) < 4.78 is 30.4. The number of halogens is 2. The topological polar surface area (TPSA) is 76.6 Å². The third-order valence-electron chi connectivity index (χ3n) is 6.50. The molecule has 1 aliphatic heterocycles. The van der Waals surface area contributed by atoms with Crippen LogP contribution in [0.5, 0.6) is 0 Å². The first-order chi connectivity index (χ1) is 18.2. The lowest BCUT2D eigenvalue weighted by atomic mass is 9.90. The second-order valence-electron chi connectivity index (χ2n) is 9.13. The van der Waals surface area contributed by atoms with Crippen molar-refractivity contribution in [1.29, 1.82) is 0 Å². The molecule has 2 heterocycles. The smallest absolute Gasteiger partial charge is 0.257 e. The summed E-state index contributed by atoms with van der Waals surface area (Å²) in [6, 6.07) is 24.4. The molecule has 3 aromatic carbocycles. The van der Waals surface area contributed by atoms with Gasteiger partial charge >= 0.3 is 0 Å². The van der Waals surface area contributed by atoms with Crippen LogP contribution in [0.2, 0.25) is 10.0 Å². The van der Waals surface area contributed by atoms with Gasteiger partial charge in [-0.15, -0.1) is 0 Å². The second kappa shape index (κ2) is 10.9. The molecule has 1 aliphatic rings. The van der Waals surface area contributed by atoms with Gasteiger partial charge in [0, 0.05) is 28.9 Å². The van der Waals surface area contributed by atoms with E-state index in [9.17, 15) is 13.2 Å². The first kappa shape index (κ1) is 26.4. The van der Waals surface area contributed by atoms with Crippen molar-refractivity contribution in [2.24, 2.45) is 0 Å². The van der Waals surface area contributed by atoms with Gasteiger partial charge in [-0.3, -0.25) is 14.7 Å². The number of carbonyl (C=O) groups is 1. The summed E-state index contributed by atoms with van der Waals surface area (Å²) in [5, 5.41) is 1.18. The fourth-order valence-corrected chi connectivity index (χ4v) is 5.52. The molecule has 1 aromatic heterocycles. The number of sulfone groups is 1. The first-order valence-electron chi connectivity index (χ1n) is 11.9. The highest BCUT2D eigenvalue weighted by Crippen LogP contribution is 2.45. The van der Waals surface area contributed by atoms with Gasteiger partial charge in [0.1, 0.15) is 12.2 Å². The molecule has 0 aliphatic carbocycles. The highest BCUT2D eigenvalue weighted by molar-refractivity contribution is 7.90. The average molecular weight is 567 g/mol. The molecule has 0 spiro atoms. The molecule has 1 amide bonds. The third kappa shape index (κ3) is 5.61. The van der Waals surface area contributed by atoms with Crippen molar-refractivity contribution in [2.75, 3.05) is 11.2 Å². The Bertz CT molecular complexity index is 1530. The number of pyridine rings is 1. The molecular formula is C29H24Cl2N2O4S. The standard InChI is InChI=1S/C29H24Cl2N2O4S/c1-38(35,36)25-14-4-19(5-15-25)17-26-29(34)33(24-3-2-16-32-18-24)27(20-6-10-22(30)11-7-20)28(37-26)21-8-12-23(31)13-9-21/h2-16,18,26-28H,17H2,1H3. The monoisotopic (exact) mass is 566 g/mol. The summed E-state index contributed by atoms with van der Waals surface area (Å²) in [5.41, 5.74) is 3.12. The summed E-state index contributed by atoms with van der Waals surface area (Å²) in [4.78, 5) is 20.3. The number of morpholine rings is 1. The van der Waals surface area contributed by atoms with Gasteiger partial charge in [0.2, 0.25) is 0 Å². The molecule has 194 valence electrons. The summed E-state index contributed by atoms with van der Waals surface area (Å²) in [5.74, 6) is -0.227. The fraction of sp³-hybridized carbons (Fsp3) is 0.172. The van der Waals surface area contributed by atoms with E-state index in [0.29, 0.717) is 15.7 Å². The summed E-state index contributed by atoms with van der Waals surface area (Å²) >= 11 is 12.4. The van der Waals surface area contributed by atoms with Crippen LogP contribution in [-0.4, -0.2) is 31.7 Å². The normalized spacial score (nSPS) is 19.9. The van der Waals surface area contributed by atoms with E-state index in [1.165, 1.54) is 0 Å². The number of carbonyl (C=O) groups excluding carboxylic acids is 1. The van der Waals surface area contributed by atoms with Crippen LogP contribution in [0.15, 0.2) is 102 Å². The molecule has 0 bridgehead atoms. The summed E-state index contributed by atoms with van der Waals surface area (Å²) in [6.45, 7) is 0. The van der Waals surface area contributed by atoms with Gasteiger partial charge in [-0.05, 0) is 65.2 Å². The second-order valence-corrected chi connectivity index (χ2v) is 12.0. The number of rotatable bonds is 6. The van der Waals surface area contributed by atoms with Crippen LogP contribution in [0, 0.1) is 0 Å². The fourth-order valence-electron chi connectivity index (χ4n) is 4.64. The van der Waals surface area contributed by atoms with E-state index in [1.54, 1.807) is 71.9 Å². The number of hydrogen-bond acceptors (Lipinski definition) is 5. The van der Waals surface area contributed by atoms with E-state index in [4.69, 9.17) is 27.9 Å². The quantitative estimate of drug-likeness (QED) is 0.275. The van der Waals surface area contributed by atoms with E-state index in [0.717, 1.165) is 22.9 Å². The van der Waals surface area contributed by atoms with E-state index in [-0.39, 0.29) is 17.2 Å². The van der Waals surface area contributed by atoms with Crippen LogP contribution >= 0.6 is 23.2 Å². The molecule has 3 atom stereocenters. The lowest BCUT2D eigenvalue weighted by molar-refractivity contribution is -0.145. The van der Waals surface area contributed by atoms with Gasteiger partial charge in [-0.1, -0.05) is 59.6 Å². The zero-order valence-electron chi connectivity index (χ0n) is 20.4. The van der Waals surface area contributed by atoms with Crippen LogP contribution in [0.1, 0.15) is 28.8 Å². The van der Waals surface area contributed by atoms with Crippen LogP contribution < -0.4 is 4.90 Å². The molecule has 0 N–H and O–H groups in total. The van der Waals surface area contributed by atoms with Crippen molar-refractivity contribution in [3.05, 3.63) is 124 Å². The lowest BCUT2D eigenvalue weighted by Gasteiger charge is -2.44. The van der Waals surface area contributed by atoms with E-state index in [2.05, 4.69) is 4.98 Å². The van der Waals surface area contributed by atoms with E-state index < -0.39 is 28.1 Å². The predicted molar refractivity (Wildman–Crippen MR) is 148 cm³/mol. The predicted octanol–water partition coefficient (Wildman–Crippen LogP) is 6.25. The SMILES string of the molecule is CS(=O)(=O)c1ccc(CC2OC(c3ccc(Cl)cc3)C(c3ccc(Cl)cc3)N(c3cccnc3)C2=O)cc1. The van der Waals surface area contributed by atoms with Crippen LogP contribution in [0.4, 0.5) is 5.69 Å². The summed E-state index contributed by atoms with van der Waals surface area (Å²) in [7, 11) is -3.33. The molecule has 1 fully saturated rings. The van der Waals surface area contributed by atoms with Gasteiger partial charge in [-0.25, -0.2) is 8.42 Å². The highest BCUT2D eigenvalue weighted by Gasteiger charge is 2.45. The van der Waals surface area contributed by atoms with Gasteiger partial charge in [0.05, 0.1) is 22.8 Å². The van der Waals surface area contributed by atoms with E-state index >= 15 is 0 Å². The number of hydrogen-bond donors (Lipinski definition) is 0. The Balaban J connectivity index is 1.59. The first-order valence-corrected chi connectivity index (χ1v) is 14.5. The minimum absolute atomic E-state index is 0.218. The van der Waals surface area contributed by atoms with Gasteiger partial charge in [0.25, 0.3) is 5.91 Å². The number of aromatic nitrogens is 1. The van der Waals surface area contributed by atoms with Gasteiger partial charge < -0.3 is 4.74 Å². The van der Waals surface area contributed by atoms with Crippen LogP contribution in [0.3, 0.4) is 0 Å². The van der Waals surface area contributed by atoms with Crippen LogP contribution in [-0.2, 0) is 25.8 Å². The molecule has 6 nitrogen and oxygen atoms in total. The number of anilines is 1.